The highest BCUT2D eigenvalue weighted by molar-refractivity contribution is 5.80. The topological polar surface area (TPSA) is 73.8 Å². The van der Waals surface area contributed by atoms with Crippen LogP contribution in [0.5, 0.6) is 0 Å². The molecule has 0 amide bonds. The average Bonchev–Trinajstić information content (AvgIpc) is 2.43. The van der Waals surface area contributed by atoms with E-state index in [-0.39, 0.29) is 5.56 Å². The summed E-state index contributed by atoms with van der Waals surface area (Å²) in [5.41, 5.74) is 8.59. The molecule has 0 saturated heterocycles. The minimum absolute atomic E-state index is 0.106. The van der Waals surface area contributed by atoms with Crippen molar-refractivity contribution in [2.75, 3.05) is 5.73 Å². The van der Waals surface area contributed by atoms with Crippen molar-refractivity contribution in [2.24, 2.45) is 0 Å². The van der Waals surface area contributed by atoms with Crippen LogP contribution in [-0.4, -0.2) is 14.5 Å². The Hall–Kier alpha value is -2.69. The van der Waals surface area contributed by atoms with E-state index in [1.54, 1.807) is 29.1 Å². The number of rotatable bonds is 2. The van der Waals surface area contributed by atoms with Crippen molar-refractivity contribution in [3.05, 3.63) is 64.5 Å². The highest BCUT2D eigenvalue weighted by Crippen LogP contribution is 2.11. The Morgan fingerprint density at radius 2 is 2.10 bits per heavy atom. The fourth-order valence-corrected chi connectivity index (χ4v) is 2.15. The first-order valence-electron chi connectivity index (χ1n) is 6.31. The third-order valence-electron chi connectivity index (χ3n) is 3.13. The third kappa shape index (κ3) is 2.25. The number of benzene rings is 1. The monoisotopic (exact) mass is 266 g/mol. The minimum Gasteiger partial charge on any atom is -0.399 e. The highest BCUT2D eigenvalue weighted by Gasteiger charge is 2.05. The standard InChI is InChI=1S/C15H14N4O/c1-10-3-2-4-12(18-10)8-19-9-17-14-6-5-11(16)7-13(14)15(19)20/h2-7,9H,8,16H2,1H3. The number of aryl methyl sites for hydroxylation is 1. The third-order valence-corrected chi connectivity index (χ3v) is 3.13. The SMILES string of the molecule is Cc1cccc(Cn2cnc3ccc(N)cc3c2=O)n1. The Kier molecular flexibility index (Phi) is 2.95. The molecule has 2 aromatic heterocycles. The van der Waals surface area contributed by atoms with Gasteiger partial charge in [-0.25, -0.2) is 4.98 Å². The van der Waals surface area contributed by atoms with Gasteiger partial charge < -0.3 is 5.73 Å². The molecule has 5 nitrogen and oxygen atoms in total. The highest BCUT2D eigenvalue weighted by atomic mass is 16.1. The van der Waals surface area contributed by atoms with Crippen LogP contribution in [-0.2, 0) is 6.54 Å². The zero-order valence-electron chi connectivity index (χ0n) is 11.1. The summed E-state index contributed by atoms with van der Waals surface area (Å²) in [6.45, 7) is 2.32. The van der Waals surface area contributed by atoms with Crippen LogP contribution in [0, 0.1) is 6.92 Å². The average molecular weight is 266 g/mol. The number of aromatic nitrogens is 3. The molecule has 0 aliphatic rings. The van der Waals surface area contributed by atoms with Crippen LogP contribution in [0.15, 0.2) is 47.5 Å². The molecule has 0 aliphatic carbocycles. The second-order valence-corrected chi connectivity index (χ2v) is 4.72. The first-order chi connectivity index (χ1) is 9.63. The summed E-state index contributed by atoms with van der Waals surface area (Å²) in [6, 6.07) is 10.9. The van der Waals surface area contributed by atoms with Gasteiger partial charge in [-0.05, 0) is 37.3 Å². The van der Waals surface area contributed by atoms with Crippen molar-refractivity contribution in [3.8, 4) is 0 Å². The Labute approximate surface area is 115 Å². The summed E-state index contributed by atoms with van der Waals surface area (Å²) in [5.74, 6) is 0. The van der Waals surface area contributed by atoms with E-state index < -0.39 is 0 Å². The number of pyridine rings is 1. The van der Waals surface area contributed by atoms with Gasteiger partial charge in [-0.2, -0.15) is 0 Å². The van der Waals surface area contributed by atoms with Gasteiger partial charge in [0, 0.05) is 11.4 Å². The van der Waals surface area contributed by atoms with Gasteiger partial charge in [0.2, 0.25) is 0 Å². The zero-order valence-corrected chi connectivity index (χ0v) is 11.1. The Balaban J connectivity index is 2.08. The quantitative estimate of drug-likeness (QED) is 0.717. The molecule has 0 bridgehead atoms. The van der Waals surface area contributed by atoms with Gasteiger partial charge in [0.25, 0.3) is 5.56 Å². The summed E-state index contributed by atoms with van der Waals surface area (Å²) in [4.78, 5) is 21.1. The van der Waals surface area contributed by atoms with E-state index in [4.69, 9.17) is 5.73 Å². The van der Waals surface area contributed by atoms with Crippen molar-refractivity contribution in [3.63, 3.8) is 0 Å². The molecule has 0 radical (unpaired) electrons. The van der Waals surface area contributed by atoms with Gasteiger partial charge in [-0.1, -0.05) is 6.07 Å². The van der Waals surface area contributed by atoms with Gasteiger partial charge >= 0.3 is 0 Å². The van der Waals surface area contributed by atoms with Crippen LogP contribution in [0.3, 0.4) is 0 Å². The molecule has 3 aromatic rings. The van der Waals surface area contributed by atoms with Crippen LogP contribution in [0.25, 0.3) is 10.9 Å². The largest absolute Gasteiger partial charge is 0.399 e. The van der Waals surface area contributed by atoms with Gasteiger partial charge in [-0.3, -0.25) is 14.3 Å². The Morgan fingerprint density at radius 3 is 2.90 bits per heavy atom. The van der Waals surface area contributed by atoms with Crippen molar-refractivity contribution in [1.82, 2.24) is 14.5 Å². The molecule has 3 rings (SSSR count). The van der Waals surface area contributed by atoms with Crippen LogP contribution in [0.2, 0.25) is 0 Å². The first-order valence-corrected chi connectivity index (χ1v) is 6.31. The number of hydrogen-bond donors (Lipinski definition) is 1. The number of nitrogens with two attached hydrogens (primary N) is 1. The van der Waals surface area contributed by atoms with E-state index in [0.29, 0.717) is 23.1 Å². The summed E-state index contributed by atoms with van der Waals surface area (Å²) in [7, 11) is 0. The number of anilines is 1. The van der Waals surface area contributed by atoms with E-state index in [2.05, 4.69) is 9.97 Å². The van der Waals surface area contributed by atoms with E-state index in [0.717, 1.165) is 11.4 Å². The lowest BCUT2D eigenvalue weighted by Gasteiger charge is -2.07. The second-order valence-electron chi connectivity index (χ2n) is 4.72. The molecular weight excluding hydrogens is 252 g/mol. The molecule has 100 valence electrons. The molecule has 1 aromatic carbocycles. The van der Waals surface area contributed by atoms with Crippen LogP contribution in [0.4, 0.5) is 5.69 Å². The van der Waals surface area contributed by atoms with Crippen LogP contribution < -0.4 is 11.3 Å². The van der Waals surface area contributed by atoms with Crippen LogP contribution >= 0.6 is 0 Å². The van der Waals surface area contributed by atoms with Crippen LogP contribution in [0.1, 0.15) is 11.4 Å². The lowest BCUT2D eigenvalue weighted by Crippen LogP contribution is -2.21. The summed E-state index contributed by atoms with van der Waals surface area (Å²) in [5, 5.41) is 0.528. The number of hydrogen-bond acceptors (Lipinski definition) is 4. The molecule has 2 heterocycles. The van der Waals surface area contributed by atoms with Crippen molar-refractivity contribution < 1.29 is 0 Å². The fourth-order valence-electron chi connectivity index (χ4n) is 2.15. The van der Waals surface area contributed by atoms with Gasteiger partial charge in [-0.15, -0.1) is 0 Å². The molecule has 0 unspecified atom stereocenters. The molecule has 0 aliphatic heterocycles. The number of nitrogens with zero attached hydrogens (tertiary/aromatic N) is 3. The summed E-state index contributed by atoms with van der Waals surface area (Å²) in [6.07, 6.45) is 1.55. The van der Waals surface area contributed by atoms with Gasteiger partial charge in [0.15, 0.2) is 0 Å². The lowest BCUT2D eigenvalue weighted by atomic mass is 10.2. The molecule has 20 heavy (non-hydrogen) atoms. The minimum atomic E-state index is -0.106. The predicted octanol–water partition coefficient (Wildman–Crippen LogP) is 1.73. The second kappa shape index (κ2) is 4.77. The Morgan fingerprint density at radius 1 is 1.25 bits per heavy atom. The maximum Gasteiger partial charge on any atom is 0.261 e. The molecular formula is C15H14N4O. The smallest absolute Gasteiger partial charge is 0.261 e. The van der Waals surface area contributed by atoms with Gasteiger partial charge in [0.05, 0.1) is 29.5 Å². The van der Waals surface area contributed by atoms with E-state index in [9.17, 15) is 4.79 Å². The summed E-state index contributed by atoms with van der Waals surface area (Å²) < 4.78 is 1.55. The van der Waals surface area contributed by atoms with Crippen molar-refractivity contribution in [2.45, 2.75) is 13.5 Å². The predicted molar refractivity (Wildman–Crippen MR) is 78.5 cm³/mol. The lowest BCUT2D eigenvalue weighted by molar-refractivity contribution is 0.727. The van der Waals surface area contributed by atoms with Crippen molar-refractivity contribution >= 4 is 16.6 Å². The maximum atomic E-state index is 12.4. The molecule has 5 heteroatoms. The van der Waals surface area contributed by atoms with E-state index >= 15 is 0 Å². The molecule has 0 fully saturated rings. The fraction of sp³-hybridized carbons (Fsp3) is 0.133. The molecule has 0 saturated carbocycles. The number of nitrogen functional groups attached to an aromatic ring is 1. The van der Waals surface area contributed by atoms with E-state index in [1.807, 2.05) is 25.1 Å². The first kappa shape index (κ1) is 12.3. The van der Waals surface area contributed by atoms with Gasteiger partial charge in [0.1, 0.15) is 0 Å². The Bertz CT molecular complexity index is 839. The van der Waals surface area contributed by atoms with Crippen molar-refractivity contribution in [1.29, 1.82) is 0 Å². The molecule has 0 atom stereocenters. The number of fused-ring (bicyclic) bond motifs is 1. The maximum absolute atomic E-state index is 12.4. The molecule has 0 spiro atoms. The zero-order chi connectivity index (χ0) is 14.1. The summed E-state index contributed by atoms with van der Waals surface area (Å²) >= 11 is 0. The molecule has 2 N–H and O–H groups in total. The normalized spacial score (nSPS) is 10.8. The van der Waals surface area contributed by atoms with E-state index in [1.165, 1.54) is 0 Å².